The molecule has 1 saturated heterocycles. The van der Waals surface area contributed by atoms with E-state index >= 15 is 0 Å². The zero-order chi connectivity index (χ0) is 27.9. The van der Waals surface area contributed by atoms with Crippen LogP contribution in [0.1, 0.15) is 62.9 Å². The number of nitrogens with one attached hydrogen (secondary N) is 4. The summed E-state index contributed by atoms with van der Waals surface area (Å²) in [6, 6.07) is 6.53. The molecule has 4 N–H and O–H groups in total. The number of rotatable bonds is 8. The van der Waals surface area contributed by atoms with Gasteiger partial charge in [0.25, 0.3) is 5.91 Å². The molecule has 204 valence electrons. The van der Waals surface area contributed by atoms with Gasteiger partial charge in [0.15, 0.2) is 0 Å². The highest BCUT2D eigenvalue weighted by molar-refractivity contribution is 6.35. The first-order chi connectivity index (χ1) is 17.7. The number of para-hydroxylation sites is 1. The number of nitrogens with zero attached hydrogens (tertiary/aromatic N) is 1. The van der Waals surface area contributed by atoms with Crippen LogP contribution in [0.25, 0.3) is 10.9 Å². The summed E-state index contributed by atoms with van der Waals surface area (Å²) in [5.41, 5.74) is -3.27. The molecule has 4 rings (SSSR count). The van der Waals surface area contributed by atoms with Gasteiger partial charge in [-0.25, -0.2) is 0 Å². The number of halogens is 4. The van der Waals surface area contributed by atoms with Gasteiger partial charge in [0.05, 0.1) is 10.5 Å². The van der Waals surface area contributed by atoms with Crippen LogP contribution < -0.4 is 16.0 Å². The van der Waals surface area contributed by atoms with Crippen molar-refractivity contribution in [2.45, 2.75) is 75.7 Å². The first-order valence-electron chi connectivity index (χ1n) is 12.4. The number of benzene rings is 1. The number of carbonyl (C=O) groups is 3. The Balaban J connectivity index is 1.55. The quantitative estimate of drug-likeness (QED) is 0.389. The Kier molecular flexibility index (Phi) is 7.40. The Hall–Kier alpha value is -3.26. The Morgan fingerprint density at radius 3 is 2.55 bits per heavy atom. The molecule has 12 heteroatoms. The van der Waals surface area contributed by atoms with Crippen LogP contribution in [-0.2, 0) is 9.59 Å². The predicted octanol–water partition coefficient (Wildman–Crippen LogP) is 4.36. The number of carbonyl (C=O) groups excluding carboxylic acids is 3. The van der Waals surface area contributed by atoms with E-state index in [0.29, 0.717) is 22.3 Å². The van der Waals surface area contributed by atoms with Gasteiger partial charge in [0, 0.05) is 23.3 Å². The number of alkyl halides is 3. The molecule has 1 aliphatic carbocycles. The molecule has 1 aromatic heterocycles. The van der Waals surface area contributed by atoms with Crippen molar-refractivity contribution in [3.63, 3.8) is 0 Å². The molecule has 2 aliphatic rings. The van der Waals surface area contributed by atoms with Gasteiger partial charge in [0.2, 0.25) is 17.4 Å². The van der Waals surface area contributed by atoms with E-state index in [1.807, 2.05) is 5.32 Å². The van der Waals surface area contributed by atoms with Crippen molar-refractivity contribution >= 4 is 40.2 Å². The number of hydrogen-bond acceptors (Lipinski definition) is 4. The lowest BCUT2D eigenvalue weighted by Crippen LogP contribution is -2.63. The average Bonchev–Trinajstić information content (AvgIpc) is 3.53. The fourth-order valence-electron chi connectivity index (χ4n) is 4.80. The standard InChI is InChI=1S/C26H29ClF3N5O3/c1-24(2)9-8-16(21(36)34-24)12-25(13-31,26(28,29)30)35-23(38)18(10-14-6-7-14)33-22(37)19-11-15-4-3-5-17(27)20(15)32-19/h3-5,11,14,16,18,32H,6-10,12H2,1-2H3,(H,33,37)(H,34,36)(H,35,38)/t16-,18-,25?/m0/s1. The molecule has 2 aromatic rings. The summed E-state index contributed by atoms with van der Waals surface area (Å²) in [5.74, 6) is -3.47. The van der Waals surface area contributed by atoms with Crippen molar-refractivity contribution in [2.75, 3.05) is 0 Å². The molecule has 38 heavy (non-hydrogen) atoms. The molecule has 1 aliphatic heterocycles. The second kappa shape index (κ2) is 10.1. The molecular weight excluding hydrogens is 523 g/mol. The van der Waals surface area contributed by atoms with Gasteiger partial charge < -0.3 is 20.9 Å². The monoisotopic (exact) mass is 551 g/mol. The highest BCUT2D eigenvalue weighted by Gasteiger charge is 2.59. The van der Waals surface area contributed by atoms with Crippen molar-refractivity contribution in [1.29, 1.82) is 5.26 Å². The van der Waals surface area contributed by atoms with Crippen LogP contribution in [0.3, 0.4) is 0 Å². The van der Waals surface area contributed by atoms with E-state index in [-0.39, 0.29) is 24.5 Å². The van der Waals surface area contributed by atoms with Gasteiger partial charge in [-0.15, -0.1) is 0 Å². The third-order valence-electron chi connectivity index (χ3n) is 7.25. The largest absolute Gasteiger partial charge is 0.425 e. The topological polar surface area (TPSA) is 127 Å². The molecule has 1 aromatic carbocycles. The lowest BCUT2D eigenvalue weighted by atomic mass is 9.79. The average molecular weight is 552 g/mol. The number of piperidine rings is 1. The van der Waals surface area contributed by atoms with Crippen LogP contribution >= 0.6 is 11.6 Å². The van der Waals surface area contributed by atoms with Crippen LogP contribution in [0, 0.1) is 23.2 Å². The smallest absolute Gasteiger partial charge is 0.351 e. The van der Waals surface area contributed by atoms with Gasteiger partial charge in [-0.3, -0.25) is 14.4 Å². The fraction of sp³-hybridized carbons (Fsp3) is 0.538. The van der Waals surface area contributed by atoms with E-state index < -0.39 is 53.4 Å². The SMILES string of the molecule is CC1(C)CC[C@@H](CC(C#N)(NC(=O)[C@H](CC2CC2)NC(=O)c2cc3cccc(Cl)c3[nH]2)C(F)(F)F)C(=O)N1. The highest BCUT2D eigenvalue weighted by atomic mass is 35.5. The minimum atomic E-state index is -5.16. The molecule has 2 heterocycles. The molecule has 3 atom stereocenters. The van der Waals surface area contributed by atoms with Crippen LogP contribution in [-0.4, -0.2) is 46.0 Å². The van der Waals surface area contributed by atoms with E-state index in [2.05, 4.69) is 15.6 Å². The zero-order valence-corrected chi connectivity index (χ0v) is 21.7. The van der Waals surface area contributed by atoms with Crippen LogP contribution in [0.15, 0.2) is 24.3 Å². The van der Waals surface area contributed by atoms with E-state index in [0.717, 1.165) is 12.8 Å². The molecule has 0 bridgehead atoms. The Morgan fingerprint density at radius 2 is 1.97 bits per heavy atom. The fourth-order valence-corrected chi connectivity index (χ4v) is 5.03. The van der Waals surface area contributed by atoms with E-state index in [9.17, 15) is 32.8 Å². The Morgan fingerprint density at radius 1 is 1.26 bits per heavy atom. The Bertz CT molecular complexity index is 1300. The molecule has 1 saturated carbocycles. The first-order valence-corrected chi connectivity index (χ1v) is 12.8. The summed E-state index contributed by atoms with van der Waals surface area (Å²) in [7, 11) is 0. The summed E-state index contributed by atoms with van der Waals surface area (Å²) in [6.45, 7) is 3.52. The van der Waals surface area contributed by atoms with Crippen molar-refractivity contribution in [3.05, 3.63) is 35.0 Å². The maximum Gasteiger partial charge on any atom is 0.425 e. The number of aromatic nitrogens is 1. The molecule has 2 fully saturated rings. The number of aromatic amines is 1. The molecule has 0 spiro atoms. The summed E-state index contributed by atoms with van der Waals surface area (Å²) in [5, 5.41) is 17.8. The van der Waals surface area contributed by atoms with Gasteiger partial charge in [0.1, 0.15) is 17.8 Å². The van der Waals surface area contributed by atoms with Crippen LogP contribution in [0.4, 0.5) is 13.2 Å². The van der Waals surface area contributed by atoms with Crippen molar-refractivity contribution in [2.24, 2.45) is 11.8 Å². The highest BCUT2D eigenvalue weighted by Crippen LogP contribution is 2.39. The minimum Gasteiger partial charge on any atom is -0.351 e. The lowest BCUT2D eigenvalue weighted by Gasteiger charge is -2.39. The van der Waals surface area contributed by atoms with Crippen molar-refractivity contribution < 1.29 is 27.6 Å². The second-order valence-corrected chi connectivity index (χ2v) is 11.3. The van der Waals surface area contributed by atoms with Crippen LogP contribution in [0.5, 0.6) is 0 Å². The molecule has 0 radical (unpaired) electrons. The Labute approximate surface area is 222 Å². The lowest BCUT2D eigenvalue weighted by molar-refractivity contribution is -0.188. The normalized spacial score (nSPS) is 21.6. The van der Waals surface area contributed by atoms with E-state index in [4.69, 9.17) is 11.6 Å². The molecule has 3 amide bonds. The number of H-pyrrole nitrogens is 1. The van der Waals surface area contributed by atoms with E-state index in [1.54, 1.807) is 32.0 Å². The third kappa shape index (κ3) is 5.90. The summed E-state index contributed by atoms with van der Waals surface area (Å²) < 4.78 is 43.0. The van der Waals surface area contributed by atoms with Gasteiger partial charge in [-0.1, -0.05) is 36.6 Å². The summed E-state index contributed by atoms with van der Waals surface area (Å²) in [4.78, 5) is 41.6. The number of fused-ring (bicyclic) bond motifs is 1. The molecular formula is C26H29ClF3N5O3. The van der Waals surface area contributed by atoms with Crippen molar-refractivity contribution in [3.8, 4) is 6.07 Å². The summed E-state index contributed by atoms with van der Waals surface area (Å²) in [6.07, 6.45) is -3.84. The van der Waals surface area contributed by atoms with Gasteiger partial charge in [-0.05, 0) is 51.2 Å². The third-order valence-corrected chi connectivity index (χ3v) is 7.57. The number of nitriles is 1. The second-order valence-electron chi connectivity index (χ2n) is 10.9. The number of amides is 3. The number of hydrogen-bond donors (Lipinski definition) is 4. The van der Waals surface area contributed by atoms with E-state index in [1.165, 1.54) is 12.1 Å². The van der Waals surface area contributed by atoms with Crippen molar-refractivity contribution in [1.82, 2.24) is 20.9 Å². The van der Waals surface area contributed by atoms with Gasteiger partial charge >= 0.3 is 6.18 Å². The van der Waals surface area contributed by atoms with Crippen LogP contribution in [0.2, 0.25) is 5.02 Å². The molecule has 1 unspecified atom stereocenters. The minimum absolute atomic E-state index is 0.0666. The first kappa shape index (κ1) is 27.8. The maximum absolute atomic E-state index is 14.3. The zero-order valence-electron chi connectivity index (χ0n) is 21.0. The molecule has 8 nitrogen and oxygen atoms in total. The van der Waals surface area contributed by atoms with Gasteiger partial charge in [-0.2, -0.15) is 18.4 Å². The summed E-state index contributed by atoms with van der Waals surface area (Å²) >= 11 is 6.15. The maximum atomic E-state index is 14.3. The predicted molar refractivity (Wildman–Crippen MR) is 134 cm³/mol.